The highest BCUT2D eigenvalue weighted by molar-refractivity contribution is 6.36. The lowest BCUT2D eigenvalue weighted by Crippen LogP contribution is -3.14. The molecule has 3 N–H and O–H groups in total. The first-order chi connectivity index (χ1) is 13.3. The molecule has 0 heterocycles. The zero-order valence-corrected chi connectivity index (χ0v) is 17.9. The number of quaternary nitrogens is 1. The van der Waals surface area contributed by atoms with Gasteiger partial charge in [0.25, 0.3) is 11.8 Å². The molecule has 0 bridgehead atoms. The van der Waals surface area contributed by atoms with Crippen LogP contribution in [0.2, 0.25) is 10.0 Å². The zero-order valence-electron chi connectivity index (χ0n) is 16.4. The van der Waals surface area contributed by atoms with Crippen molar-refractivity contribution in [2.75, 3.05) is 30.3 Å². The SMILES string of the molecule is CCC[NH+](CC(=O)Nc1ccc(C)cc1C)CC(=O)Nc1ccc(Cl)cc1Cl. The van der Waals surface area contributed by atoms with E-state index < -0.39 is 0 Å². The van der Waals surface area contributed by atoms with Gasteiger partial charge in [-0.2, -0.15) is 0 Å². The van der Waals surface area contributed by atoms with Crippen LogP contribution in [0.4, 0.5) is 11.4 Å². The minimum atomic E-state index is -0.202. The van der Waals surface area contributed by atoms with Gasteiger partial charge in [-0.1, -0.05) is 47.8 Å². The van der Waals surface area contributed by atoms with Crippen LogP contribution in [0.5, 0.6) is 0 Å². The molecule has 0 spiro atoms. The molecule has 0 aliphatic carbocycles. The third kappa shape index (κ3) is 6.82. The second kappa shape index (κ2) is 10.5. The van der Waals surface area contributed by atoms with Crippen LogP contribution in [-0.2, 0) is 9.59 Å². The Hall–Kier alpha value is -2.08. The number of halogens is 2. The topological polar surface area (TPSA) is 62.6 Å². The molecule has 0 aromatic heterocycles. The highest BCUT2D eigenvalue weighted by Gasteiger charge is 2.19. The number of rotatable bonds is 8. The monoisotopic (exact) mass is 422 g/mol. The molecule has 1 unspecified atom stereocenters. The molecule has 2 aromatic carbocycles. The van der Waals surface area contributed by atoms with Gasteiger partial charge in [0.2, 0.25) is 0 Å². The Morgan fingerprint density at radius 3 is 2.11 bits per heavy atom. The Labute approximate surface area is 176 Å². The van der Waals surface area contributed by atoms with Crippen LogP contribution in [-0.4, -0.2) is 31.4 Å². The summed E-state index contributed by atoms with van der Waals surface area (Å²) in [5.74, 6) is -0.320. The van der Waals surface area contributed by atoms with Gasteiger partial charge in [0.15, 0.2) is 13.1 Å². The van der Waals surface area contributed by atoms with E-state index in [0.29, 0.717) is 22.3 Å². The molecular weight excluding hydrogens is 397 g/mol. The zero-order chi connectivity index (χ0) is 20.7. The summed E-state index contributed by atoms with van der Waals surface area (Å²) in [4.78, 5) is 25.8. The molecule has 5 nitrogen and oxygen atoms in total. The normalized spacial score (nSPS) is 11.8. The molecule has 2 rings (SSSR count). The second-order valence-electron chi connectivity index (χ2n) is 6.89. The number of amides is 2. The summed E-state index contributed by atoms with van der Waals surface area (Å²) in [5, 5.41) is 6.60. The summed E-state index contributed by atoms with van der Waals surface area (Å²) in [6.45, 7) is 7.09. The molecule has 0 saturated heterocycles. The van der Waals surface area contributed by atoms with E-state index in [4.69, 9.17) is 23.2 Å². The predicted octanol–water partition coefficient (Wildman–Crippen LogP) is 3.48. The molecule has 150 valence electrons. The lowest BCUT2D eigenvalue weighted by Gasteiger charge is -2.19. The lowest BCUT2D eigenvalue weighted by molar-refractivity contribution is -0.883. The van der Waals surface area contributed by atoms with Crippen molar-refractivity contribution in [1.29, 1.82) is 0 Å². The Bertz CT molecular complexity index is 788. The van der Waals surface area contributed by atoms with Crippen LogP contribution in [0, 0.1) is 13.8 Å². The smallest absolute Gasteiger partial charge is 0.279 e. The standard InChI is InChI=1S/C21H25Cl2N3O2/c1-4-9-26(12-20(27)24-18-7-5-14(2)10-15(18)3)13-21(28)25-19-8-6-16(22)11-17(19)23/h5-8,10-11H,4,9,12-13H2,1-3H3,(H,24,27)(H,25,28)/p+1. The number of hydrogen-bond donors (Lipinski definition) is 3. The van der Waals surface area contributed by atoms with Crippen molar-refractivity contribution in [2.24, 2.45) is 0 Å². The van der Waals surface area contributed by atoms with Gasteiger partial charge in [-0.25, -0.2) is 0 Å². The number of anilines is 2. The van der Waals surface area contributed by atoms with Crippen LogP contribution in [0.15, 0.2) is 36.4 Å². The molecule has 28 heavy (non-hydrogen) atoms. The maximum atomic E-state index is 12.5. The van der Waals surface area contributed by atoms with E-state index in [0.717, 1.165) is 28.1 Å². The van der Waals surface area contributed by atoms with Crippen LogP contribution in [0.3, 0.4) is 0 Å². The molecule has 1 atom stereocenters. The van der Waals surface area contributed by atoms with Crippen LogP contribution in [0.1, 0.15) is 24.5 Å². The van der Waals surface area contributed by atoms with Crippen molar-refractivity contribution >= 4 is 46.4 Å². The quantitative estimate of drug-likeness (QED) is 0.609. The van der Waals surface area contributed by atoms with Crippen molar-refractivity contribution < 1.29 is 14.5 Å². The van der Waals surface area contributed by atoms with E-state index in [9.17, 15) is 9.59 Å². The molecule has 2 aromatic rings. The largest absolute Gasteiger partial charge is 0.321 e. The highest BCUT2D eigenvalue weighted by Crippen LogP contribution is 2.25. The van der Waals surface area contributed by atoms with Crippen LogP contribution >= 0.6 is 23.2 Å². The summed E-state index contributed by atoms with van der Waals surface area (Å²) >= 11 is 12.0. The maximum absolute atomic E-state index is 12.5. The summed E-state index contributed by atoms with van der Waals surface area (Å²) < 4.78 is 0. The lowest BCUT2D eigenvalue weighted by atomic mass is 10.1. The fourth-order valence-electron chi connectivity index (χ4n) is 2.98. The summed E-state index contributed by atoms with van der Waals surface area (Å²) in [7, 11) is 0. The van der Waals surface area contributed by atoms with Gasteiger partial charge < -0.3 is 15.5 Å². The summed E-state index contributed by atoms with van der Waals surface area (Å²) in [6, 6.07) is 10.8. The Balaban J connectivity index is 1.96. The summed E-state index contributed by atoms with van der Waals surface area (Å²) in [6.07, 6.45) is 0.862. The van der Waals surface area contributed by atoms with Crippen molar-refractivity contribution in [3.05, 3.63) is 57.6 Å². The third-order valence-electron chi connectivity index (χ3n) is 4.29. The van der Waals surface area contributed by atoms with Crippen molar-refractivity contribution in [3.8, 4) is 0 Å². The maximum Gasteiger partial charge on any atom is 0.279 e. The molecule has 0 fully saturated rings. The van der Waals surface area contributed by atoms with Crippen molar-refractivity contribution in [1.82, 2.24) is 0 Å². The molecule has 0 radical (unpaired) electrons. The van der Waals surface area contributed by atoms with E-state index in [1.165, 1.54) is 0 Å². The molecule has 2 amide bonds. The minimum Gasteiger partial charge on any atom is -0.321 e. The summed E-state index contributed by atoms with van der Waals surface area (Å²) in [5.41, 5.74) is 3.46. The number of benzene rings is 2. The molecule has 0 aliphatic rings. The van der Waals surface area contributed by atoms with Gasteiger partial charge in [-0.05, 0) is 50.1 Å². The average molecular weight is 423 g/mol. The van der Waals surface area contributed by atoms with Gasteiger partial charge in [-0.3, -0.25) is 9.59 Å². The predicted molar refractivity (Wildman–Crippen MR) is 115 cm³/mol. The van der Waals surface area contributed by atoms with Crippen molar-refractivity contribution in [3.63, 3.8) is 0 Å². The van der Waals surface area contributed by atoms with Crippen molar-refractivity contribution in [2.45, 2.75) is 27.2 Å². The number of nitrogens with one attached hydrogen (secondary N) is 3. The van der Waals surface area contributed by atoms with Crippen LogP contribution in [0.25, 0.3) is 0 Å². The Morgan fingerprint density at radius 1 is 0.929 bits per heavy atom. The van der Waals surface area contributed by atoms with Gasteiger partial charge in [-0.15, -0.1) is 0 Å². The highest BCUT2D eigenvalue weighted by atomic mass is 35.5. The minimum absolute atomic E-state index is 0.118. The number of carbonyl (C=O) groups excluding carboxylic acids is 2. The number of aryl methyl sites for hydroxylation is 2. The van der Waals surface area contributed by atoms with Gasteiger partial charge in [0, 0.05) is 10.7 Å². The van der Waals surface area contributed by atoms with Gasteiger partial charge in [0.1, 0.15) is 0 Å². The van der Waals surface area contributed by atoms with E-state index in [-0.39, 0.29) is 24.9 Å². The van der Waals surface area contributed by atoms with E-state index in [1.807, 2.05) is 39.0 Å². The Morgan fingerprint density at radius 2 is 1.54 bits per heavy atom. The fraction of sp³-hybridized carbons (Fsp3) is 0.333. The molecule has 0 aliphatic heterocycles. The van der Waals surface area contributed by atoms with Crippen LogP contribution < -0.4 is 15.5 Å². The Kier molecular flexibility index (Phi) is 8.30. The molecule has 7 heteroatoms. The number of carbonyl (C=O) groups is 2. The van der Waals surface area contributed by atoms with E-state index in [1.54, 1.807) is 18.2 Å². The first-order valence-electron chi connectivity index (χ1n) is 9.24. The van der Waals surface area contributed by atoms with E-state index >= 15 is 0 Å². The average Bonchev–Trinajstić information content (AvgIpc) is 2.60. The van der Waals surface area contributed by atoms with E-state index in [2.05, 4.69) is 10.6 Å². The first-order valence-corrected chi connectivity index (χ1v) is 9.99. The molecular formula is C21H26Cl2N3O2+. The third-order valence-corrected chi connectivity index (χ3v) is 4.83. The number of hydrogen-bond acceptors (Lipinski definition) is 2. The second-order valence-corrected chi connectivity index (χ2v) is 7.74. The molecule has 0 saturated carbocycles. The van der Waals surface area contributed by atoms with Gasteiger partial charge in [0.05, 0.1) is 17.3 Å². The van der Waals surface area contributed by atoms with Gasteiger partial charge >= 0.3 is 0 Å². The fourth-order valence-corrected chi connectivity index (χ4v) is 3.44. The first kappa shape index (κ1) is 22.2.